The first-order valence-electron chi connectivity index (χ1n) is 24.9. The van der Waals surface area contributed by atoms with E-state index in [1.54, 1.807) is 6.07 Å². The third-order valence-electron chi connectivity index (χ3n) is 15.8. The first kappa shape index (κ1) is 41.7. The number of rotatable bonds is 5. The summed E-state index contributed by atoms with van der Waals surface area (Å²) in [6, 6.07) is 70.6. The molecule has 0 saturated carbocycles. The van der Waals surface area contributed by atoms with Crippen molar-refractivity contribution in [3.63, 3.8) is 0 Å². The molecule has 4 heteroatoms. The number of nitrogens with zero attached hydrogens (tertiary/aromatic N) is 1. The van der Waals surface area contributed by atoms with Gasteiger partial charge in [0.05, 0.1) is 11.1 Å². The van der Waals surface area contributed by atoms with E-state index in [-0.39, 0.29) is 22.2 Å². The molecular weight excluding hydrogens is 868 g/mol. The largest absolute Gasteiger partial charge is 0.451 e. The van der Waals surface area contributed by atoms with Crippen LogP contribution in [-0.2, 0) is 16.2 Å². The van der Waals surface area contributed by atoms with Crippen LogP contribution in [0.1, 0.15) is 74.9 Å². The van der Waals surface area contributed by atoms with Gasteiger partial charge in [-0.2, -0.15) is 0 Å². The number of fused-ring (bicyclic) bond motifs is 17. The molecule has 71 heavy (non-hydrogen) atoms. The lowest BCUT2D eigenvalue weighted by molar-refractivity contribution is 0.584. The van der Waals surface area contributed by atoms with Crippen LogP contribution in [0.3, 0.4) is 0 Å². The van der Waals surface area contributed by atoms with Crippen LogP contribution in [0.5, 0.6) is 0 Å². The molecule has 0 bridgehead atoms. The Bertz CT molecular complexity index is 4050. The summed E-state index contributed by atoms with van der Waals surface area (Å²) in [6.45, 7) is 13.5. The van der Waals surface area contributed by atoms with Crippen molar-refractivity contribution in [2.45, 2.75) is 57.8 Å². The molecule has 0 fully saturated rings. The predicted octanol–water partition coefficient (Wildman–Crippen LogP) is 18.7. The summed E-state index contributed by atoms with van der Waals surface area (Å²) < 4.78 is 22.2. The van der Waals surface area contributed by atoms with E-state index in [0.29, 0.717) is 5.58 Å². The molecule has 1 unspecified atom stereocenters. The summed E-state index contributed by atoms with van der Waals surface area (Å²) in [5.41, 5.74) is 22.8. The molecule has 11 aromatic rings. The molecule has 3 nitrogen and oxygen atoms in total. The number of para-hydroxylation sites is 2. The predicted molar refractivity (Wildman–Crippen MR) is 294 cm³/mol. The molecule has 0 radical (unpaired) electrons. The second kappa shape index (κ2) is 14.7. The second-order valence-electron chi connectivity index (χ2n) is 21.9. The molecule has 1 spiro atoms. The molecule has 3 aliphatic carbocycles. The fourth-order valence-corrected chi connectivity index (χ4v) is 12.4. The van der Waals surface area contributed by atoms with Gasteiger partial charge in [0.2, 0.25) is 0 Å². The van der Waals surface area contributed by atoms with E-state index in [1.165, 1.54) is 94.7 Å². The maximum absolute atomic E-state index is 15.6. The number of halogens is 1. The Morgan fingerprint density at radius 3 is 1.72 bits per heavy atom. The highest BCUT2D eigenvalue weighted by Crippen LogP contribution is 2.66. The highest BCUT2D eigenvalue weighted by Gasteiger charge is 2.53. The Balaban J connectivity index is 1.05. The minimum atomic E-state index is -0.700. The number of anilines is 5. The van der Waals surface area contributed by atoms with Crippen molar-refractivity contribution in [1.82, 2.24) is 0 Å². The van der Waals surface area contributed by atoms with Crippen LogP contribution >= 0.6 is 0 Å². The molecular formula is C67H51FN2O. The zero-order valence-electron chi connectivity index (χ0n) is 40.7. The number of nitrogens with one attached hydrogen (secondary N) is 1. The topological polar surface area (TPSA) is 28.4 Å². The van der Waals surface area contributed by atoms with Gasteiger partial charge in [-0.1, -0.05) is 169 Å². The van der Waals surface area contributed by atoms with Crippen molar-refractivity contribution in [2.75, 3.05) is 10.2 Å². The van der Waals surface area contributed by atoms with E-state index in [9.17, 15) is 0 Å². The van der Waals surface area contributed by atoms with E-state index < -0.39 is 5.41 Å². The average molecular weight is 919 g/mol. The monoisotopic (exact) mass is 918 g/mol. The maximum Gasteiger partial charge on any atom is 0.171 e. The van der Waals surface area contributed by atoms with Gasteiger partial charge < -0.3 is 14.6 Å². The Morgan fingerprint density at radius 2 is 0.986 bits per heavy atom. The van der Waals surface area contributed by atoms with Crippen LogP contribution in [0, 0.1) is 5.82 Å². The van der Waals surface area contributed by atoms with Crippen molar-refractivity contribution >= 4 is 61.1 Å². The van der Waals surface area contributed by atoms with Gasteiger partial charge in [-0.15, -0.1) is 0 Å². The van der Waals surface area contributed by atoms with Crippen LogP contribution in [0.15, 0.2) is 199 Å². The Morgan fingerprint density at radius 1 is 0.423 bits per heavy atom. The van der Waals surface area contributed by atoms with Gasteiger partial charge in [-0.25, -0.2) is 4.39 Å². The van der Waals surface area contributed by atoms with Gasteiger partial charge in [0.25, 0.3) is 0 Å². The Kier molecular flexibility index (Phi) is 8.62. The fourth-order valence-electron chi connectivity index (χ4n) is 12.4. The zero-order chi connectivity index (χ0) is 48.1. The Hall–Kier alpha value is -8.21. The molecule has 0 aliphatic heterocycles. The molecule has 0 saturated heterocycles. The number of furan rings is 1. The summed E-state index contributed by atoms with van der Waals surface area (Å²) in [5, 5.41) is 8.07. The lowest BCUT2D eigenvalue weighted by Crippen LogP contribution is -2.26. The van der Waals surface area contributed by atoms with Crippen LogP contribution in [0.4, 0.5) is 32.8 Å². The molecule has 1 N–H and O–H groups in total. The van der Waals surface area contributed by atoms with Crippen molar-refractivity contribution in [2.24, 2.45) is 0 Å². The lowest BCUT2D eigenvalue weighted by Gasteiger charge is -2.33. The molecule has 1 atom stereocenters. The molecule has 1 aromatic heterocycles. The minimum Gasteiger partial charge on any atom is -0.451 e. The SMILES string of the molecule is CC(C)(C)c1ccc(Nc2ccc3c(c2)C2(c4cc(N(c5ccc(C(C)(C)C)cc5)c5cccc6c5oc5c(F)cccc56)ccc4-3)c3ccccc3-c3c2cc2c4c(cccc34)-c3ccccc3-2)cc1. The smallest absolute Gasteiger partial charge is 0.171 e. The van der Waals surface area contributed by atoms with Gasteiger partial charge in [-0.05, 0) is 166 Å². The first-order valence-corrected chi connectivity index (χ1v) is 24.9. The van der Waals surface area contributed by atoms with Gasteiger partial charge in [0.15, 0.2) is 17.0 Å². The van der Waals surface area contributed by atoms with Crippen molar-refractivity contribution in [3.8, 4) is 44.5 Å². The van der Waals surface area contributed by atoms with Crippen LogP contribution < -0.4 is 10.2 Å². The maximum atomic E-state index is 15.6. The summed E-state index contributed by atoms with van der Waals surface area (Å²) in [4.78, 5) is 2.31. The van der Waals surface area contributed by atoms with Gasteiger partial charge >= 0.3 is 0 Å². The third-order valence-corrected chi connectivity index (χ3v) is 15.8. The summed E-state index contributed by atoms with van der Waals surface area (Å²) in [6.07, 6.45) is 0. The van der Waals surface area contributed by atoms with Crippen LogP contribution in [0.2, 0.25) is 0 Å². The number of benzene rings is 10. The average Bonchev–Trinajstić information content (AvgIpc) is 4.10. The quantitative estimate of drug-likeness (QED) is 0.186. The highest BCUT2D eigenvalue weighted by atomic mass is 19.1. The molecule has 0 amide bonds. The standard InChI is InChI=1S/C67H51FN2O/c1-65(2,3)39-24-28-41(29-25-39)69-42-30-34-47-48-35-33-44(70(43-31-26-40(27-32-43)66(4,5)6)60-23-13-19-51-50-18-12-22-59(68)63(50)71-64(51)60)37-57(48)67(56(47)36-42)55-21-10-9-16-52(55)62-53-20-11-17-49-45-14-7-8-15-46(45)54(61(49)53)38-58(62)67/h7-38,69H,1-6H3. The molecule has 1 heterocycles. The Labute approximate surface area is 413 Å². The molecule has 14 rings (SSSR count). The van der Waals surface area contributed by atoms with E-state index in [1.807, 2.05) is 12.1 Å². The fraction of sp³-hybridized carbons (Fsp3) is 0.134. The molecule has 342 valence electrons. The van der Waals surface area contributed by atoms with Crippen molar-refractivity contribution in [3.05, 3.63) is 233 Å². The number of hydrogen-bond donors (Lipinski definition) is 1. The van der Waals surface area contributed by atoms with E-state index in [0.717, 1.165) is 39.2 Å². The van der Waals surface area contributed by atoms with Crippen molar-refractivity contribution < 1.29 is 8.81 Å². The van der Waals surface area contributed by atoms with E-state index >= 15 is 4.39 Å². The van der Waals surface area contributed by atoms with Crippen LogP contribution in [0.25, 0.3) is 77.2 Å². The van der Waals surface area contributed by atoms with E-state index in [2.05, 4.69) is 222 Å². The lowest BCUT2D eigenvalue weighted by atomic mass is 9.70. The van der Waals surface area contributed by atoms with Gasteiger partial charge in [0, 0.05) is 33.5 Å². The second-order valence-corrected chi connectivity index (χ2v) is 21.9. The van der Waals surface area contributed by atoms with Crippen LogP contribution in [-0.4, -0.2) is 0 Å². The summed E-state index contributed by atoms with van der Waals surface area (Å²) in [5.74, 6) is -0.372. The van der Waals surface area contributed by atoms with Crippen molar-refractivity contribution in [1.29, 1.82) is 0 Å². The zero-order valence-corrected chi connectivity index (χ0v) is 40.7. The normalized spacial score (nSPS) is 15.0. The first-order chi connectivity index (χ1) is 34.4. The summed E-state index contributed by atoms with van der Waals surface area (Å²) in [7, 11) is 0. The summed E-state index contributed by atoms with van der Waals surface area (Å²) >= 11 is 0. The minimum absolute atomic E-state index is 0.0377. The van der Waals surface area contributed by atoms with Gasteiger partial charge in [0.1, 0.15) is 0 Å². The van der Waals surface area contributed by atoms with E-state index in [4.69, 9.17) is 4.42 Å². The molecule has 10 aromatic carbocycles. The number of hydrogen-bond acceptors (Lipinski definition) is 3. The molecule has 3 aliphatic rings. The third kappa shape index (κ3) is 5.88. The van der Waals surface area contributed by atoms with Gasteiger partial charge in [-0.3, -0.25) is 0 Å². The highest BCUT2D eigenvalue weighted by molar-refractivity contribution is 6.21.